The van der Waals surface area contributed by atoms with E-state index in [9.17, 15) is 0 Å². The molecule has 2 rings (SSSR count). The van der Waals surface area contributed by atoms with Crippen LogP contribution in [0.2, 0.25) is 0 Å². The second-order valence-electron chi connectivity index (χ2n) is 4.83. The van der Waals surface area contributed by atoms with E-state index in [4.69, 9.17) is 0 Å². The summed E-state index contributed by atoms with van der Waals surface area (Å²) in [5.41, 5.74) is 3.76. The molecule has 0 saturated heterocycles. The predicted octanol–water partition coefficient (Wildman–Crippen LogP) is 3.88. The maximum absolute atomic E-state index is 4.57. The summed E-state index contributed by atoms with van der Waals surface area (Å²) >= 11 is 1.70. The largest absolute Gasteiger partial charge is 0.308 e. The van der Waals surface area contributed by atoms with Crippen molar-refractivity contribution >= 4 is 11.3 Å². The fourth-order valence-electron chi connectivity index (χ4n) is 2.07. The Kier molecular flexibility index (Phi) is 4.15. The zero-order valence-corrected chi connectivity index (χ0v) is 12.2. The van der Waals surface area contributed by atoms with Crippen LogP contribution < -0.4 is 5.32 Å². The molecule has 96 valence electrons. The van der Waals surface area contributed by atoms with E-state index in [1.807, 2.05) is 14.0 Å². The summed E-state index contributed by atoms with van der Waals surface area (Å²) in [6.45, 7) is 6.48. The zero-order valence-electron chi connectivity index (χ0n) is 11.4. The lowest BCUT2D eigenvalue weighted by molar-refractivity contribution is 0.673. The molecular weight excluding hydrogens is 240 g/mol. The highest BCUT2D eigenvalue weighted by atomic mass is 32.1. The zero-order chi connectivity index (χ0) is 13.1. The van der Waals surface area contributed by atoms with Gasteiger partial charge in [0.2, 0.25) is 0 Å². The Hall–Kier alpha value is -1.19. The van der Waals surface area contributed by atoms with Crippen LogP contribution in [-0.2, 0) is 0 Å². The third kappa shape index (κ3) is 2.79. The van der Waals surface area contributed by atoms with Crippen LogP contribution in [0.1, 0.15) is 47.6 Å². The molecule has 1 heterocycles. The Labute approximate surface area is 113 Å². The third-order valence-corrected chi connectivity index (χ3v) is 3.95. The minimum Gasteiger partial charge on any atom is -0.308 e. The highest BCUT2D eigenvalue weighted by Gasteiger charge is 2.14. The molecule has 0 aliphatic rings. The van der Waals surface area contributed by atoms with Gasteiger partial charge in [-0.1, -0.05) is 38.1 Å². The van der Waals surface area contributed by atoms with E-state index in [0.717, 1.165) is 10.7 Å². The second-order valence-corrected chi connectivity index (χ2v) is 5.90. The van der Waals surface area contributed by atoms with Crippen molar-refractivity contribution in [1.82, 2.24) is 10.3 Å². The molecule has 0 bridgehead atoms. The van der Waals surface area contributed by atoms with Gasteiger partial charge in [0, 0.05) is 5.38 Å². The number of rotatable bonds is 4. The van der Waals surface area contributed by atoms with E-state index in [1.54, 1.807) is 11.3 Å². The number of nitrogens with one attached hydrogen (secondary N) is 1. The van der Waals surface area contributed by atoms with Crippen molar-refractivity contribution in [3.63, 3.8) is 0 Å². The van der Waals surface area contributed by atoms with Crippen molar-refractivity contribution in [3.05, 3.63) is 51.5 Å². The van der Waals surface area contributed by atoms with Crippen molar-refractivity contribution in [3.8, 4) is 0 Å². The van der Waals surface area contributed by atoms with Gasteiger partial charge in [-0.3, -0.25) is 0 Å². The van der Waals surface area contributed by atoms with E-state index in [2.05, 4.69) is 53.8 Å². The number of nitrogens with zero attached hydrogens (tertiary/aromatic N) is 1. The molecule has 3 heteroatoms. The molecule has 1 aromatic heterocycles. The molecule has 0 amide bonds. The molecule has 18 heavy (non-hydrogen) atoms. The molecule has 1 unspecified atom stereocenters. The summed E-state index contributed by atoms with van der Waals surface area (Å²) in [4.78, 5) is 4.57. The van der Waals surface area contributed by atoms with Crippen molar-refractivity contribution < 1.29 is 0 Å². The van der Waals surface area contributed by atoms with E-state index in [1.165, 1.54) is 11.1 Å². The average molecular weight is 260 g/mol. The van der Waals surface area contributed by atoms with Gasteiger partial charge in [0.25, 0.3) is 0 Å². The van der Waals surface area contributed by atoms with Crippen molar-refractivity contribution in [2.45, 2.75) is 32.7 Å². The fourth-order valence-corrected chi connectivity index (χ4v) is 2.71. The van der Waals surface area contributed by atoms with Gasteiger partial charge in [-0.15, -0.1) is 11.3 Å². The smallest absolute Gasteiger partial charge is 0.0898 e. The van der Waals surface area contributed by atoms with Crippen LogP contribution in [0.4, 0.5) is 0 Å². The Morgan fingerprint density at radius 1 is 1.11 bits per heavy atom. The topological polar surface area (TPSA) is 24.9 Å². The van der Waals surface area contributed by atoms with Crippen LogP contribution >= 0.6 is 11.3 Å². The Morgan fingerprint density at radius 2 is 1.72 bits per heavy atom. The van der Waals surface area contributed by atoms with Gasteiger partial charge in [0.05, 0.1) is 16.7 Å². The number of benzene rings is 1. The van der Waals surface area contributed by atoms with Gasteiger partial charge < -0.3 is 5.32 Å². The third-order valence-electron chi connectivity index (χ3n) is 3.16. The minimum absolute atomic E-state index is 0.191. The number of aryl methyl sites for hydroxylation is 1. The van der Waals surface area contributed by atoms with Crippen LogP contribution in [0, 0.1) is 6.92 Å². The Balaban J connectivity index is 2.28. The highest BCUT2D eigenvalue weighted by molar-refractivity contribution is 7.09. The average Bonchev–Trinajstić information content (AvgIpc) is 2.77. The lowest BCUT2D eigenvalue weighted by Gasteiger charge is -2.15. The summed E-state index contributed by atoms with van der Waals surface area (Å²) in [5.74, 6) is 0.577. The van der Waals surface area contributed by atoms with Crippen molar-refractivity contribution in [2.75, 3.05) is 7.05 Å². The van der Waals surface area contributed by atoms with Crippen LogP contribution in [0.15, 0.2) is 29.6 Å². The Bertz CT molecular complexity index is 499. The molecule has 2 nitrogen and oxygen atoms in total. The van der Waals surface area contributed by atoms with Gasteiger partial charge in [0.15, 0.2) is 0 Å². The normalized spacial score (nSPS) is 12.9. The number of thiazole rings is 1. The number of aromatic nitrogens is 1. The maximum atomic E-state index is 4.57. The van der Waals surface area contributed by atoms with Gasteiger partial charge in [-0.25, -0.2) is 4.98 Å². The molecule has 0 fully saturated rings. The van der Waals surface area contributed by atoms with Gasteiger partial charge in [-0.05, 0) is 31.0 Å². The van der Waals surface area contributed by atoms with E-state index >= 15 is 0 Å². The lowest BCUT2D eigenvalue weighted by Crippen LogP contribution is -2.18. The molecule has 1 N–H and O–H groups in total. The number of hydrogen-bond donors (Lipinski definition) is 1. The summed E-state index contributed by atoms with van der Waals surface area (Å²) in [6, 6.07) is 9.01. The van der Waals surface area contributed by atoms with Crippen LogP contribution in [0.5, 0.6) is 0 Å². The van der Waals surface area contributed by atoms with Gasteiger partial charge >= 0.3 is 0 Å². The van der Waals surface area contributed by atoms with Crippen LogP contribution in [0.3, 0.4) is 0 Å². The highest BCUT2D eigenvalue weighted by Crippen LogP contribution is 2.24. The monoisotopic (exact) mass is 260 g/mol. The maximum Gasteiger partial charge on any atom is 0.0898 e. The number of hydrogen-bond acceptors (Lipinski definition) is 3. The molecule has 0 spiro atoms. The first-order chi connectivity index (χ1) is 8.61. The summed E-state index contributed by atoms with van der Waals surface area (Å²) < 4.78 is 0. The molecule has 0 saturated carbocycles. The van der Waals surface area contributed by atoms with Crippen molar-refractivity contribution in [2.24, 2.45) is 0 Å². The molecule has 0 radical (unpaired) electrons. The SMILES string of the molecule is CNC(c1ccc(C(C)C)cc1)c1csc(C)n1. The lowest BCUT2D eigenvalue weighted by atomic mass is 9.98. The second kappa shape index (κ2) is 5.63. The first-order valence-electron chi connectivity index (χ1n) is 6.31. The Morgan fingerprint density at radius 3 is 2.17 bits per heavy atom. The standard InChI is InChI=1S/C15H20N2S/c1-10(2)12-5-7-13(8-6-12)15(16-4)14-9-18-11(3)17-14/h5-10,15-16H,1-4H3. The quantitative estimate of drug-likeness (QED) is 0.902. The molecule has 2 aromatic rings. The molecule has 1 aromatic carbocycles. The molecule has 0 aliphatic heterocycles. The van der Waals surface area contributed by atoms with E-state index in [0.29, 0.717) is 5.92 Å². The summed E-state index contributed by atoms with van der Waals surface area (Å²) in [7, 11) is 1.98. The molecule has 0 aliphatic carbocycles. The van der Waals surface area contributed by atoms with Crippen molar-refractivity contribution in [1.29, 1.82) is 0 Å². The van der Waals surface area contributed by atoms with Crippen LogP contribution in [0.25, 0.3) is 0 Å². The molecular formula is C15H20N2S. The van der Waals surface area contributed by atoms with Gasteiger partial charge in [0.1, 0.15) is 0 Å². The summed E-state index contributed by atoms with van der Waals surface area (Å²) in [5, 5.41) is 6.59. The predicted molar refractivity (Wildman–Crippen MR) is 78.3 cm³/mol. The van der Waals surface area contributed by atoms with Crippen LogP contribution in [-0.4, -0.2) is 12.0 Å². The van der Waals surface area contributed by atoms with E-state index in [-0.39, 0.29) is 6.04 Å². The fraction of sp³-hybridized carbons (Fsp3) is 0.400. The molecule has 1 atom stereocenters. The first-order valence-corrected chi connectivity index (χ1v) is 7.19. The summed E-state index contributed by atoms with van der Waals surface area (Å²) in [6.07, 6.45) is 0. The van der Waals surface area contributed by atoms with E-state index < -0.39 is 0 Å². The van der Waals surface area contributed by atoms with Gasteiger partial charge in [-0.2, -0.15) is 0 Å². The minimum atomic E-state index is 0.191. The first kappa shape index (κ1) is 13.2.